The molecule has 5 aliphatic rings. The van der Waals surface area contributed by atoms with Crippen LogP contribution in [0.15, 0.2) is 59.3 Å². The fraction of sp³-hybridized carbons (Fsp3) is 0.588. The highest BCUT2D eigenvalue weighted by Gasteiger charge is 2.49. The van der Waals surface area contributed by atoms with E-state index >= 15 is 0 Å². The van der Waals surface area contributed by atoms with Gasteiger partial charge in [0.1, 0.15) is 72.6 Å². The number of phenolic OH excluding ortho intramolecular Hbond substituents is 2. The van der Waals surface area contributed by atoms with Gasteiger partial charge in [-0.15, -0.1) is 0 Å². The standard InChI is InChI=1S/C34H44O19/c1-11-23(39)27(43)30(46)33(49-11)48-10-22-26(42)29(45)31(47)34(53-22)52-21-8-15-18(50-20-5-13(9-35)24(40)28(44)25(20)41)6-14(36)7-19(15)51-32(21)12-2-3-16(37)17(38)4-12/h2-4,6-8,11,13,18,20,22-31,33-47H,5,9-10H2,1H3. The van der Waals surface area contributed by atoms with Gasteiger partial charge in [-0.1, -0.05) is 0 Å². The van der Waals surface area contributed by atoms with Crippen molar-refractivity contribution in [2.45, 2.75) is 105 Å². The lowest BCUT2D eigenvalue weighted by Crippen LogP contribution is -2.61. The maximum absolute atomic E-state index is 11.0. The maximum atomic E-state index is 11.0. The Bertz CT molecular complexity index is 1610. The van der Waals surface area contributed by atoms with E-state index in [0.717, 1.165) is 12.1 Å². The molecule has 1 aromatic carbocycles. The zero-order valence-electron chi connectivity index (χ0n) is 28.1. The lowest BCUT2D eigenvalue weighted by atomic mass is 9.81. The number of aliphatic hydroxyl groups is 11. The minimum absolute atomic E-state index is 0.0195. The summed E-state index contributed by atoms with van der Waals surface area (Å²) >= 11 is 0. The predicted octanol–water partition coefficient (Wildman–Crippen LogP) is -3.42. The monoisotopic (exact) mass is 756 g/mol. The lowest BCUT2D eigenvalue weighted by Gasteiger charge is -2.43. The lowest BCUT2D eigenvalue weighted by molar-refractivity contribution is -0.323. The van der Waals surface area contributed by atoms with Crippen LogP contribution in [0.2, 0.25) is 0 Å². The van der Waals surface area contributed by atoms with Gasteiger partial charge < -0.3 is 94.8 Å². The average molecular weight is 757 g/mol. The summed E-state index contributed by atoms with van der Waals surface area (Å²) in [6.45, 7) is 0.331. The Morgan fingerprint density at radius 2 is 1.42 bits per heavy atom. The van der Waals surface area contributed by atoms with Gasteiger partial charge in [0, 0.05) is 29.7 Å². The number of aliphatic hydroxyl groups excluding tert-OH is 11. The minimum Gasteiger partial charge on any atom is -0.508 e. The van der Waals surface area contributed by atoms with Crippen molar-refractivity contribution in [1.29, 1.82) is 0 Å². The molecule has 0 radical (unpaired) electrons. The molecule has 16 atom stereocenters. The van der Waals surface area contributed by atoms with Gasteiger partial charge in [0.05, 0.1) is 24.9 Å². The molecule has 19 nitrogen and oxygen atoms in total. The first kappa shape index (κ1) is 39.3. The molecule has 2 saturated heterocycles. The van der Waals surface area contributed by atoms with Gasteiger partial charge in [-0.3, -0.25) is 0 Å². The average Bonchev–Trinajstić information content (AvgIpc) is 3.13. The van der Waals surface area contributed by atoms with E-state index in [0.29, 0.717) is 0 Å². The Labute approximate surface area is 301 Å². The van der Waals surface area contributed by atoms with Crippen LogP contribution in [0.3, 0.4) is 0 Å². The topological polar surface area (TPSA) is 318 Å². The van der Waals surface area contributed by atoms with Crippen LogP contribution in [0, 0.1) is 5.92 Å². The molecule has 0 bridgehead atoms. The van der Waals surface area contributed by atoms with E-state index in [1.165, 1.54) is 31.2 Å². The summed E-state index contributed by atoms with van der Waals surface area (Å²) in [6, 6.07) is 3.61. The van der Waals surface area contributed by atoms with Gasteiger partial charge in [-0.05, 0) is 43.7 Å². The second kappa shape index (κ2) is 15.8. The Morgan fingerprint density at radius 3 is 2.11 bits per heavy atom. The third-order valence-electron chi connectivity index (χ3n) is 9.95. The zero-order chi connectivity index (χ0) is 38.5. The summed E-state index contributed by atoms with van der Waals surface area (Å²) in [6.07, 6.45) is -19.3. The number of aromatic hydroxyl groups is 2. The SMILES string of the molecule is CC1OC(OCC2OC(OC3=C(c4ccc(O)c(O)c4)OC4=CC(O)=CC(OC5CC(CO)C(O)C(O)C5O)C4=C3)C(O)C(O)C2O)C(O)C(O)C1O. The molecule has 1 saturated carbocycles. The Kier molecular flexibility index (Phi) is 11.7. The van der Waals surface area contributed by atoms with Crippen molar-refractivity contribution in [2.24, 2.45) is 5.92 Å². The Balaban J connectivity index is 1.30. The molecule has 0 aromatic heterocycles. The number of phenols is 2. The highest BCUT2D eigenvalue weighted by Crippen LogP contribution is 2.42. The van der Waals surface area contributed by atoms with Crippen LogP contribution in [0.4, 0.5) is 0 Å². The minimum atomic E-state index is -1.91. The van der Waals surface area contributed by atoms with Crippen molar-refractivity contribution in [3.63, 3.8) is 0 Å². The van der Waals surface area contributed by atoms with Crippen molar-refractivity contribution in [3.8, 4) is 11.5 Å². The highest BCUT2D eigenvalue weighted by molar-refractivity contribution is 5.71. The third kappa shape index (κ3) is 7.77. The molecular formula is C34H44O19. The van der Waals surface area contributed by atoms with Crippen molar-refractivity contribution in [3.05, 3.63) is 64.8 Å². The van der Waals surface area contributed by atoms with E-state index in [9.17, 15) is 66.4 Å². The van der Waals surface area contributed by atoms with Gasteiger partial charge in [-0.25, -0.2) is 0 Å². The quantitative estimate of drug-likeness (QED) is 0.109. The Morgan fingerprint density at radius 1 is 0.736 bits per heavy atom. The van der Waals surface area contributed by atoms with Gasteiger partial charge in [0.2, 0.25) is 6.29 Å². The molecule has 6 rings (SSSR count). The first-order valence-corrected chi connectivity index (χ1v) is 16.9. The summed E-state index contributed by atoms with van der Waals surface area (Å²) in [5.41, 5.74) is 0.259. The summed E-state index contributed by atoms with van der Waals surface area (Å²) in [7, 11) is 0. The third-order valence-corrected chi connectivity index (χ3v) is 9.95. The van der Waals surface area contributed by atoms with E-state index in [4.69, 9.17) is 28.4 Å². The predicted molar refractivity (Wildman–Crippen MR) is 173 cm³/mol. The fourth-order valence-corrected chi connectivity index (χ4v) is 6.73. The summed E-state index contributed by atoms with van der Waals surface area (Å²) in [5, 5.41) is 135. The van der Waals surface area contributed by atoms with Gasteiger partial charge in [0.25, 0.3) is 0 Å². The molecule has 1 aromatic rings. The number of ether oxygens (including phenoxy) is 6. The summed E-state index contributed by atoms with van der Waals surface area (Å²) < 4.78 is 35.0. The smallest absolute Gasteiger partial charge is 0.229 e. The molecule has 3 heterocycles. The molecule has 13 N–H and O–H groups in total. The molecule has 3 aliphatic heterocycles. The first-order valence-electron chi connectivity index (χ1n) is 16.9. The van der Waals surface area contributed by atoms with Crippen LogP contribution < -0.4 is 0 Å². The van der Waals surface area contributed by atoms with Crippen LogP contribution in [0.25, 0.3) is 5.76 Å². The number of benzene rings is 1. The molecule has 53 heavy (non-hydrogen) atoms. The number of hydrogen-bond acceptors (Lipinski definition) is 19. The summed E-state index contributed by atoms with van der Waals surface area (Å²) in [5.74, 6) is -2.62. The molecule has 16 unspecified atom stereocenters. The van der Waals surface area contributed by atoms with Crippen molar-refractivity contribution in [1.82, 2.24) is 0 Å². The van der Waals surface area contributed by atoms with Gasteiger partial charge in [-0.2, -0.15) is 0 Å². The molecular weight excluding hydrogens is 712 g/mol. The molecule has 19 heteroatoms. The normalized spacial score (nSPS) is 41.8. The molecule has 294 valence electrons. The zero-order valence-corrected chi connectivity index (χ0v) is 28.1. The molecule has 0 spiro atoms. The number of allylic oxidation sites excluding steroid dienone is 2. The Hall–Kier alpha value is -3.38. The van der Waals surface area contributed by atoms with Gasteiger partial charge >= 0.3 is 0 Å². The van der Waals surface area contributed by atoms with Crippen LogP contribution in [0.5, 0.6) is 11.5 Å². The van der Waals surface area contributed by atoms with Crippen LogP contribution >= 0.6 is 0 Å². The highest BCUT2D eigenvalue weighted by atomic mass is 16.7. The van der Waals surface area contributed by atoms with Crippen molar-refractivity contribution < 1.29 is 94.8 Å². The second-order valence-electron chi connectivity index (χ2n) is 13.6. The van der Waals surface area contributed by atoms with Gasteiger partial charge in [0.15, 0.2) is 29.3 Å². The van der Waals surface area contributed by atoms with E-state index in [-0.39, 0.29) is 40.6 Å². The van der Waals surface area contributed by atoms with E-state index in [1.54, 1.807) is 0 Å². The number of fused-ring (bicyclic) bond motifs is 1. The molecule has 0 amide bonds. The van der Waals surface area contributed by atoms with E-state index in [1.807, 2.05) is 0 Å². The molecule has 3 fully saturated rings. The number of rotatable bonds is 9. The largest absolute Gasteiger partial charge is 0.508 e. The molecule has 2 aliphatic carbocycles. The number of hydrogen-bond donors (Lipinski definition) is 13. The fourth-order valence-electron chi connectivity index (χ4n) is 6.73. The second-order valence-corrected chi connectivity index (χ2v) is 13.6. The van der Waals surface area contributed by atoms with E-state index < -0.39 is 123 Å². The van der Waals surface area contributed by atoms with Crippen molar-refractivity contribution >= 4 is 5.76 Å². The van der Waals surface area contributed by atoms with Crippen molar-refractivity contribution in [2.75, 3.05) is 13.2 Å². The van der Waals surface area contributed by atoms with Crippen LogP contribution in [-0.4, -0.2) is 172 Å². The van der Waals surface area contributed by atoms with Crippen LogP contribution in [0.1, 0.15) is 18.9 Å². The van der Waals surface area contributed by atoms with E-state index in [2.05, 4.69) is 0 Å². The van der Waals surface area contributed by atoms with Crippen LogP contribution in [-0.2, 0) is 28.4 Å². The first-order chi connectivity index (χ1) is 25.1. The summed E-state index contributed by atoms with van der Waals surface area (Å²) in [4.78, 5) is 0. The maximum Gasteiger partial charge on any atom is 0.229 e.